The third-order valence-corrected chi connectivity index (χ3v) is 7.81. The molecule has 0 fully saturated rings. The summed E-state index contributed by atoms with van der Waals surface area (Å²) in [7, 11) is 0. The number of nitrogens with one attached hydrogen (secondary N) is 1. The van der Waals surface area contributed by atoms with E-state index in [2.05, 4.69) is 5.32 Å². The van der Waals surface area contributed by atoms with Crippen molar-refractivity contribution in [1.82, 2.24) is 0 Å². The number of nitro groups is 2. The molecule has 0 aliphatic rings. The number of nitrogens with zero attached hydrogens (tertiary/aromatic N) is 2. The Morgan fingerprint density at radius 1 is 0.829 bits per heavy atom. The second-order valence-corrected chi connectivity index (χ2v) is 11.4. The molecule has 0 saturated heterocycles. The number of nitro benzene ring substituents is 2. The molecule has 1 N–H and O–H groups in total. The first-order valence-corrected chi connectivity index (χ1v) is 14.4. The number of carbonyl (C=O) groups is 4. The van der Waals surface area contributed by atoms with Crippen LogP contribution in [-0.4, -0.2) is 80.8 Å². The number of hydrogen-bond donors (Lipinski definition) is 1. The number of anilines is 1. The third-order valence-electron chi connectivity index (χ3n) is 5.08. The van der Waals surface area contributed by atoms with Crippen molar-refractivity contribution in [3.63, 3.8) is 0 Å². The SMILES string of the molecule is CCSC(SCC)[C@@H](Nc1ccc([N+](=O)[O-])cc1[N+](=O)[O-])[C@@H](OC(C)=O)[C@H](OC(C)=O)[C@@H](COC(C)=O)OC(C)=O. The zero-order valence-electron chi connectivity index (χ0n) is 23.4. The summed E-state index contributed by atoms with van der Waals surface area (Å²) in [6, 6.07) is 1.91. The third kappa shape index (κ3) is 11.8. The van der Waals surface area contributed by atoms with E-state index in [1.54, 1.807) is 0 Å². The van der Waals surface area contributed by atoms with Gasteiger partial charge in [0.15, 0.2) is 18.3 Å². The maximum Gasteiger partial charge on any atom is 0.303 e. The summed E-state index contributed by atoms with van der Waals surface area (Å²) in [6.07, 6.45) is -4.46. The molecule has 0 aliphatic heterocycles. The monoisotopic (exact) mass is 619 g/mol. The van der Waals surface area contributed by atoms with Crippen LogP contribution in [0.3, 0.4) is 0 Å². The molecular weight excluding hydrogens is 586 g/mol. The molecule has 17 heteroatoms. The van der Waals surface area contributed by atoms with E-state index in [0.717, 1.165) is 45.9 Å². The zero-order chi connectivity index (χ0) is 31.3. The van der Waals surface area contributed by atoms with Crippen LogP contribution in [0.1, 0.15) is 41.5 Å². The summed E-state index contributed by atoms with van der Waals surface area (Å²) >= 11 is 2.77. The minimum absolute atomic E-state index is 0.147. The van der Waals surface area contributed by atoms with E-state index in [9.17, 15) is 39.4 Å². The number of benzene rings is 1. The summed E-state index contributed by atoms with van der Waals surface area (Å²) in [5.74, 6) is -2.14. The fourth-order valence-electron chi connectivity index (χ4n) is 3.67. The lowest BCUT2D eigenvalue weighted by molar-refractivity contribution is -0.393. The number of esters is 4. The fourth-order valence-corrected chi connectivity index (χ4v) is 6.39. The first-order chi connectivity index (χ1) is 19.2. The lowest BCUT2D eigenvalue weighted by Crippen LogP contribution is -2.56. The van der Waals surface area contributed by atoms with Crippen LogP contribution in [0, 0.1) is 20.2 Å². The molecule has 1 aromatic rings. The molecule has 1 aromatic carbocycles. The second-order valence-electron chi connectivity index (χ2n) is 8.26. The fraction of sp³-hybridized carbons (Fsp3) is 0.583. The van der Waals surface area contributed by atoms with Gasteiger partial charge in [0, 0.05) is 33.8 Å². The minimum Gasteiger partial charge on any atom is -0.462 e. The number of thioether (sulfide) groups is 2. The van der Waals surface area contributed by atoms with Gasteiger partial charge in [-0.15, -0.1) is 23.5 Å². The molecular formula is C24H33N3O12S2. The van der Waals surface area contributed by atoms with E-state index in [1.165, 1.54) is 23.5 Å². The Morgan fingerprint density at radius 3 is 1.80 bits per heavy atom. The molecule has 0 aliphatic carbocycles. The lowest BCUT2D eigenvalue weighted by atomic mass is 10.00. The minimum atomic E-state index is -1.55. The van der Waals surface area contributed by atoms with Crippen LogP contribution in [0.25, 0.3) is 0 Å². The normalized spacial score (nSPS) is 13.7. The van der Waals surface area contributed by atoms with E-state index < -0.39 is 80.6 Å². The number of rotatable bonds is 17. The molecule has 0 radical (unpaired) electrons. The predicted octanol–water partition coefficient (Wildman–Crippen LogP) is 3.47. The van der Waals surface area contributed by atoms with Crippen LogP contribution in [0.2, 0.25) is 0 Å². The van der Waals surface area contributed by atoms with Crippen LogP contribution in [0.15, 0.2) is 18.2 Å². The summed E-state index contributed by atoms with van der Waals surface area (Å²) in [5.41, 5.74) is -1.30. The average molecular weight is 620 g/mol. The summed E-state index contributed by atoms with van der Waals surface area (Å²) in [5, 5.41) is 26.1. The van der Waals surface area contributed by atoms with Gasteiger partial charge in [-0.2, -0.15) is 0 Å². The molecule has 0 heterocycles. The van der Waals surface area contributed by atoms with Crippen molar-refractivity contribution in [1.29, 1.82) is 0 Å². The molecule has 228 valence electrons. The number of ether oxygens (including phenoxy) is 4. The van der Waals surface area contributed by atoms with Gasteiger partial charge in [0.1, 0.15) is 12.3 Å². The van der Waals surface area contributed by atoms with Crippen molar-refractivity contribution < 1.29 is 48.0 Å². The molecule has 41 heavy (non-hydrogen) atoms. The smallest absolute Gasteiger partial charge is 0.303 e. The Labute approximate surface area is 244 Å². The van der Waals surface area contributed by atoms with Gasteiger partial charge >= 0.3 is 23.9 Å². The molecule has 15 nitrogen and oxygen atoms in total. The van der Waals surface area contributed by atoms with Gasteiger partial charge in [-0.05, 0) is 17.6 Å². The van der Waals surface area contributed by atoms with Gasteiger partial charge in [-0.3, -0.25) is 39.4 Å². The van der Waals surface area contributed by atoms with Crippen LogP contribution in [0.5, 0.6) is 0 Å². The van der Waals surface area contributed by atoms with E-state index in [4.69, 9.17) is 18.9 Å². The van der Waals surface area contributed by atoms with Gasteiger partial charge in [0.05, 0.1) is 26.5 Å². The highest BCUT2D eigenvalue weighted by Gasteiger charge is 2.46. The van der Waals surface area contributed by atoms with Gasteiger partial charge in [-0.1, -0.05) is 13.8 Å². The van der Waals surface area contributed by atoms with Crippen molar-refractivity contribution in [3.05, 3.63) is 38.4 Å². The molecule has 0 unspecified atom stereocenters. The van der Waals surface area contributed by atoms with Gasteiger partial charge in [-0.25, -0.2) is 0 Å². The molecule has 0 aromatic heterocycles. The maximum absolute atomic E-state index is 12.4. The van der Waals surface area contributed by atoms with Gasteiger partial charge < -0.3 is 24.3 Å². The standard InChI is InChI=1S/C24H33N3O12S2/c1-7-40-24(41-8-2)21(25-18-10-9-17(26(32)33)11-19(18)27(34)35)23(39-16(6)31)22(38-15(5)30)20(37-14(4)29)12-36-13(3)28/h9-11,20-25H,7-8,12H2,1-6H3/t20-,21+,22-,23-/m1/s1. The van der Waals surface area contributed by atoms with Crippen molar-refractivity contribution in [2.75, 3.05) is 23.4 Å². The Morgan fingerprint density at radius 2 is 1.37 bits per heavy atom. The van der Waals surface area contributed by atoms with Gasteiger partial charge in [0.2, 0.25) is 0 Å². The number of hydrogen-bond acceptors (Lipinski definition) is 15. The summed E-state index contributed by atoms with van der Waals surface area (Å²) in [6.45, 7) is 7.48. The average Bonchev–Trinajstić information content (AvgIpc) is 2.86. The highest BCUT2D eigenvalue weighted by atomic mass is 32.2. The topological polar surface area (TPSA) is 204 Å². The van der Waals surface area contributed by atoms with Crippen molar-refractivity contribution in [2.45, 2.75) is 70.5 Å². The molecule has 1 rings (SSSR count). The van der Waals surface area contributed by atoms with Crippen molar-refractivity contribution >= 4 is 64.5 Å². The van der Waals surface area contributed by atoms with Crippen LogP contribution in [-0.2, 0) is 38.1 Å². The van der Waals surface area contributed by atoms with Crippen molar-refractivity contribution in [3.8, 4) is 0 Å². The first-order valence-electron chi connectivity index (χ1n) is 12.3. The molecule has 4 atom stereocenters. The van der Waals surface area contributed by atoms with E-state index in [0.29, 0.717) is 11.5 Å². The Kier molecular flexibility index (Phi) is 14.9. The molecule has 0 saturated carbocycles. The van der Waals surface area contributed by atoms with E-state index >= 15 is 0 Å². The highest BCUT2D eigenvalue weighted by Crippen LogP contribution is 2.37. The molecule has 0 bridgehead atoms. The number of non-ortho nitro benzene ring substituents is 1. The second kappa shape index (κ2) is 17.3. The largest absolute Gasteiger partial charge is 0.462 e. The highest BCUT2D eigenvalue weighted by molar-refractivity contribution is 8.17. The van der Waals surface area contributed by atoms with Gasteiger partial charge in [0.25, 0.3) is 11.4 Å². The van der Waals surface area contributed by atoms with E-state index in [-0.39, 0.29) is 5.69 Å². The molecule has 0 spiro atoms. The Bertz CT molecular complexity index is 1110. The zero-order valence-corrected chi connectivity index (χ0v) is 25.0. The van der Waals surface area contributed by atoms with E-state index in [1.807, 2.05) is 13.8 Å². The van der Waals surface area contributed by atoms with Crippen LogP contribution >= 0.6 is 23.5 Å². The maximum atomic E-state index is 12.4. The Hall–Kier alpha value is -3.60. The number of carbonyl (C=O) groups excluding carboxylic acids is 4. The molecule has 0 amide bonds. The quantitative estimate of drug-likeness (QED) is 0.0871. The first kappa shape index (κ1) is 35.4. The predicted molar refractivity (Wildman–Crippen MR) is 151 cm³/mol. The van der Waals surface area contributed by atoms with Crippen LogP contribution in [0.4, 0.5) is 17.1 Å². The Balaban J connectivity index is 3.90. The lowest BCUT2D eigenvalue weighted by Gasteiger charge is -2.39. The van der Waals surface area contributed by atoms with Crippen LogP contribution < -0.4 is 5.32 Å². The summed E-state index contributed by atoms with van der Waals surface area (Å²) < 4.78 is 21.0. The van der Waals surface area contributed by atoms with Crippen molar-refractivity contribution in [2.24, 2.45) is 0 Å². The summed E-state index contributed by atoms with van der Waals surface area (Å²) in [4.78, 5) is 69.7.